The molecule has 1 saturated heterocycles. The minimum Gasteiger partial charge on any atom is -0.343 e. The van der Waals surface area contributed by atoms with Crippen molar-refractivity contribution >= 4 is 27.5 Å². The molecule has 4 rings (SSSR count). The van der Waals surface area contributed by atoms with Crippen LogP contribution in [0.15, 0.2) is 51.8 Å². The van der Waals surface area contributed by atoms with Gasteiger partial charge in [0, 0.05) is 17.8 Å². The second-order valence-electron chi connectivity index (χ2n) is 7.04. The molecule has 1 N–H and O–H groups in total. The molecule has 8 heteroatoms. The molecule has 2 aromatic rings. The molecule has 0 aromatic heterocycles. The number of nitrogens with one attached hydrogen (secondary N) is 1. The summed E-state index contributed by atoms with van der Waals surface area (Å²) in [5.41, 5.74) is 1.69. The Morgan fingerprint density at radius 3 is 2.79 bits per heavy atom. The van der Waals surface area contributed by atoms with Crippen molar-refractivity contribution in [2.75, 3.05) is 11.9 Å². The number of amides is 1. The highest BCUT2D eigenvalue weighted by Gasteiger charge is 2.38. The Morgan fingerprint density at radius 1 is 1.21 bits per heavy atom. The minimum atomic E-state index is -3.75. The van der Waals surface area contributed by atoms with Gasteiger partial charge in [-0.1, -0.05) is 12.1 Å². The summed E-state index contributed by atoms with van der Waals surface area (Å²) in [7, 11) is -3.75. The third-order valence-electron chi connectivity index (χ3n) is 5.14. The van der Waals surface area contributed by atoms with Gasteiger partial charge < -0.3 is 10.2 Å². The lowest BCUT2D eigenvalue weighted by Gasteiger charge is -2.36. The van der Waals surface area contributed by atoms with Crippen LogP contribution in [0, 0.1) is 12.7 Å². The van der Waals surface area contributed by atoms with Gasteiger partial charge in [0.25, 0.3) is 10.0 Å². The summed E-state index contributed by atoms with van der Waals surface area (Å²) in [6, 6.07) is 10.3. The van der Waals surface area contributed by atoms with E-state index in [4.69, 9.17) is 0 Å². The van der Waals surface area contributed by atoms with Crippen molar-refractivity contribution < 1.29 is 17.6 Å². The second-order valence-corrected chi connectivity index (χ2v) is 8.61. The molecule has 0 unspecified atom stereocenters. The van der Waals surface area contributed by atoms with Crippen molar-refractivity contribution in [3.63, 3.8) is 0 Å². The van der Waals surface area contributed by atoms with Crippen LogP contribution in [0.1, 0.15) is 30.4 Å². The van der Waals surface area contributed by atoms with Gasteiger partial charge in [0.1, 0.15) is 16.8 Å². The van der Waals surface area contributed by atoms with Crippen LogP contribution in [-0.4, -0.2) is 37.6 Å². The number of aryl methyl sites for hydroxylation is 1. The molecule has 28 heavy (non-hydrogen) atoms. The zero-order valence-electron chi connectivity index (χ0n) is 15.4. The van der Waals surface area contributed by atoms with Crippen molar-refractivity contribution in [1.82, 2.24) is 4.90 Å². The van der Waals surface area contributed by atoms with Gasteiger partial charge in [-0.15, -0.1) is 4.40 Å². The van der Waals surface area contributed by atoms with E-state index < -0.39 is 16.1 Å². The van der Waals surface area contributed by atoms with Gasteiger partial charge in [-0.3, -0.25) is 4.79 Å². The van der Waals surface area contributed by atoms with Crippen LogP contribution in [0.4, 0.5) is 10.1 Å². The predicted octanol–water partition coefficient (Wildman–Crippen LogP) is 3.08. The van der Waals surface area contributed by atoms with Crippen LogP contribution >= 0.6 is 0 Å². The number of piperidine rings is 1. The van der Waals surface area contributed by atoms with E-state index in [1.165, 1.54) is 24.3 Å². The van der Waals surface area contributed by atoms with Gasteiger partial charge in [0.2, 0.25) is 5.91 Å². The van der Waals surface area contributed by atoms with Crippen molar-refractivity contribution in [3.8, 4) is 0 Å². The maximum atomic E-state index is 13.3. The average molecular weight is 401 g/mol. The highest BCUT2D eigenvalue weighted by atomic mass is 32.2. The van der Waals surface area contributed by atoms with Crippen LogP contribution in [-0.2, 0) is 14.8 Å². The van der Waals surface area contributed by atoms with Gasteiger partial charge in [0.05, 0.1) is 0 Å². The zero-order chi connectivity index (χ0) is 19.9. The Kier molecular flexibility index (Phi) is 4.66. The fraction of sp³-hybridized carbons (Fsp3) is 0.300. The first-order chi connectivity index (χ1) is 13.4. The third-order valence-corrected chi connectivity index (χ3v) is 6.46. The molecule has 0 saturated carbocycles. The molecule has 2 aromatic carbocycles. The Morgan fingerprint density at radius 2 is 2.00 bits per heavy atom. The number of benzene rings is 2. The predicted molar refractivity (Wildman–Crippen MR) is 104 cm³/mol. The molecule has 0 aliphatic carbocycles. The fourth-order valence-corrected chi connectivity index (χ4v) is 4.95. The highest BCUT2D eigenvalue weighted by Crippen LogP contribution is 2.31. The summed E-state index contributed by atoms with van der Waals surface area (Å²) in [6.45, 7) is 2.27. The number of halogens is 1. The Labute approximate surface area is 163 Å². The summed E-state index contributed by atoms with van der Waals surface area (Å²) in [5, 5.41) is 2.85. The van der Waals surface area contributed by atoms with Crippen LogP contribution in [0.25, 0.3) is 0 Å². The monoisotopic (exact) mass is 401 g/mol. The van der Waals surface area contributed by atoms with Crippen LogP contribution in [0.2, 0.25) is 0 Å². The van der Waals surface area contributed by atoms with Gasteiger partial charge in [-0.05, 0) is 62.1 Å². The largest absolute Gasteiger partial charge is 0.343 e. The minimum absolute atomic E-state index is 0.170. The fourth-order valence-electron chi connectivity index (χ4n) is 3.74. The number of carbonyl (C=O) groups excluding carboxylic acids is 1. The summed E-state index contributed by atoms with van der Waals surface area (Å²) in [6.07, 6.45) is 2.30. The van der Waals surface area contributed by atoms with Gasteiger partial charge >= 0.3 is 0 Å². The summed E-state index contributed by atoms with van der Waals surface area (Å²) < 4.78 is 42.1. The number of nitrogens with zero attached hydrogens (tertiary/aromatic N) is 2. The first-order valence-corrected chi connectivity index (χ1v) is 10.6. The first-order valence-electron chi connectivity index (χ1n) is 9.15. The van der Waals surface area contributed by atoms with E-state index in [2.05, 4.69) is 9.71 Å². The number of hydrogen-bond donors (Lipinski definition) is 1. The molecule has 6 nitrogen and oxygen atoms in total. The number of amidine groups is 1. The van der Waals surface area contributed by atoms with E-state index in [0.29, 0.717) is 35.6 Å². The van der Waals surface area contributed by atoms with Crippen molar-refractivity contribution in [3.05, 3.63) is 59.4 Å². The number of likely N-dealkylation sites (tertiary alicyclic amines) is 1. The lowest BCUT2D eigenvalue weighted by molar-refractivity contribution is -0.120. The maximum Gasteiger partial charge on any atom is 0.285 e. The quantitative estimate of drug-likeness (QED) is 0.839. The van der Waals surface area contributed by atoms with Crippen LogP contribution in [0.5, 0.6) is 0 Å². The Balaban J connectivity index is 1.65. The number of anilines is 1. The number of hydrogen-bond acceptors (Lipinski definition) is 4. The highest BCUT2D eigenvalue weighted by molar-refractivity contribution is 7.90. The van der Waals surface area contributed by atoms with E-state index in [1.54, 1.807) is 30.0 Å². The third kappa shape index (κ3) is 3.28. The maximum absolute atomic E-state index is 13.3. The summed E-state index contributed by atoms with van der Waals surface area (Å²) in [5.74, 6) is -0.290. The van der Waals surface area contributed by atoms with E-state index >= 15 is 0 Å². The molecular formula is C20H20FN3O3S. The number of carbonyl (C=O) groups is 1. The Hall–Kier alpha value is -2.74. The first kappa shape index (κ1) is 18.6. The topological polar surface area (TPSA) is 78.8 Å². The summed E-state index contributed by atoms with van der Waals surface area (Å²) >= 11 is 0. The van der Waals surface area contributed by atoms with Crippen LogP contribution in [0.3, 0.4) is 0 Å². The summed E-state index contributed by atoms with van der Waals surface area (Å²) in [4.78, 5) is 14.9. The van der Waals surface area contributed by atoms with E-state index in [9.17, 15) is 17.6 Å². The molecule has 1 atom stereocenters. The van der Waals surface area contributed by atoms with E-state index in [1.807, 2.05) is 0 Å². The molecule has 0 spiro atoms. The number of fused-ring (bicyclic) bond motifs is 1. The molecule has 2 aliphatic heterocycles. The van der Waals surface area contributed by atoms with Crippen molar-refractivity contribution in [2.24, 2.45) is 4.40 Å². The number of rotatable bonds is 2. The second kappa shape index (κ2) is 7.01. The van der Waals surface area contributed by atoms with Crippen molar-refractivity contribution in [2.45, 2.75) is 37.1 Å². The molecule has 0 bridgehead atoms. The zero-order valence-corrected chi connectivity index (χ0v) is 16.2. The van der Waals surface area contributed by atoms with Gasteiger partial charge in [0.15, 0.2) is 5.84 Å². The smallest absolute Gasteiger partial charge is 0.285 e. The molecule has 2 aliphatic rings. The average Bonchev–Trinajstić information content (AvgIpc) is 2.95. The van der Waals surface area contributed by atoms with E-state index in [-0.39, 0.29) is 16.6 Å². The SMILES string of the molecule is Cc1cc(F)ccc1NC(=O)[C@@H]1CCCCN1C1=NS(=O)(=O)c2ccccc21. The van der Waals surface area contributed by atoms with Gasteiger partial charge in [-0.25, -0.2) is 4.39 Å². The normalized spacial score (nSPS) is 20.4. The molecule has 146 valence electrons. The Bertz CT molecular complexity index is 1080. The lowest BCUT2D eigenvalue weighted by Crippen LogP contribution is -2.50. The molecular weight excluding hydrogens is 381 g/mol. The van der Waals surface area contributed by atoms with Gasteiger partial charge in [-0.2, -0.15) is 8.42 Å². The molecule has 0 radical (unpaired) electrons. The van der Waals surface area contributed by atoms with Crippen molar-refractivity contribution in [1.29, 1.82) is 0 Å². The molecule has 1 fully saturated rings. The van der Waals surface area contributed by atoms with Crippen LogP contribution < -0.4 is 5.32 Å². The molecule has 1 amide bonds. The lowest BCUT2D eigenvalue weighted by atomic mass is 9.99. The number of sulfonamides is 1. The standard InChI is InChI=1S/C20H20FN3O3S/c1-13-12-14(21)9-10-16(13)22-20(25)17-7-4-5-11-24(17)19-15-6-2-3-8-18(15)28(26,27)23-19/h2-3,6,8-10,12,17H,4-5,7,11H2,1H3,(H,22,25)/t17-/m0/s1. The van der Waals surface area contributed by atoms with E-state index in [0.717, 1.165) is 12.8 Å². The molecule has 2 heterocycles.